The molecule has 3 rings (SSSR count). The quantitative estimate of drug-likeness (QED) is 0.799. The Kier molecular flexibility index (Phi) is 3.90. The molecule has 0 bridgehead atoms. The van der Waals surface area contributed by atoms with E-state index in [1.54, 1.807) is 0 Å². The maximum Gasteiger partial charge on any atom is 0.131 e. The Morgan fingerprint density at radius 3 is 2.68 bits per heavy atom. The number of para-hydroxylation sites is 2. The molecule has 0 saturated carbocycles. The van der Waals surface area contributed by atoms with Crippen molar-refractivity contribution in [2.24, 2.45) is 0 Å². The van der Waals surface area contributed by atoms with Crippen molar-refractivity contribution in [3.8, 4) is 0 Å². The van der Waals surface area contributed by atoms with Gasteiger partial charge in [0, 0.05) is 18.1 Å². The highest BCUT2D eigenvalue weighted by molar-refractivity contribution is 5.75. The molecule has 0 spiro atoms. The SMILES string of the molecule is CCc1nc2ccccc2n1CC(O)c1ccc(F)cc1F. The first-order chi connectivity index (χ1) is 10.6. The summed E-state index contributed by atoms with van der Waals surface area (Å²) in [5.41, 5.74) is 1.81. The highest BCUT2D eigenvalue weighted by Crippen LogP contribution is 2.23. The number of imidazole rings is 1. The molecule has 1 N–H and O–H groups in total. The van der Waals surface area contributed by atoms with Crippen LogP contribution in [-0.4, -0.2) is 14.7 Å². The van der Waals surface area contributed by atoms with Gasteiger partial charge in [-0.3, -0.25) is 0 Å². The molecule has 0 saturated heterocycles. The van der Waals surface area contributed by atoms with Gasteiger partial charge < -0.3 is 9.67 Å². The molecule has 22 heavy (non-hydrogen) atoms. The average molecular weight is 302 g/mol. The molecule has 1 unspecified atom stereocenters. The van der Waals surface area contributed by atoms with Crippen LogP contribution in [0.15, 0.2) is 42.5 Å². The molecular weight excluding hydrogens is 286 g/mol. The monoisotopic (exact) mass is 302 g/mol. The number of aliphatic hydroxyl groups is 1. The van der Waals surface area contributed by atoms with Crippen molar-refractivity contribution in [3.05, 3.63) is 65.5 Å². The third-order valence-electron chi connectivity index (χ3n) is 3.73. The molecule has 0 radical (unpaired) electrons. The van der Waals surface area contributed by atoms with Gasteiger partial charge in [0.05, 0.1) is 23.7 Å². The van der Waals surface area contributed by atoms with Gasteiger partial charge in [-0.05, 0) is 18.2 Å². The van der Waals surface area contributed by atoms with Gasteiger partial charge in [0.25, 0.3) is 0 Å². The largest absolute Gasteiger partial charge is 0.386 e. The van der Waals surface area contributed by atoms with Crippen LogP contribution in [0.25, 0.3) is 11.0 Å². The summed E-state index contributed by atoms with van der Waals surface area (Å²) in [6, 6.07) is 10.8. The predicted molar refractivity (Wildman–Crippen MR) is 80.4 cm³/mol. The zero-order valence-corrected chi connectivity index (χ0v) is 12.1. The van der Waals surface area contributed by atoms with Crippen LogP contribution in [-0.2, 0) is 13.0 Å². The first kappa shape index (κ1) is 14.7. The van der Waals surface area contributed by atoms with Crippen molar-refractivity contribution in [2.75, 3.05) is 0 Å². The molecule has 1 heterocycles. The zero-order chi connectivity index (χ0) is 15.7. The lowest BCUT2D eigenvalue weighted by molar-refractivity contribution is 0.152. The maximum atomic E-state index is 13.8. The van der Waals surface area contributed by atoms with Crippen molar-refractivity contribution in [1.82, 2.24) is 9.55 Å². The molecule has 3 aromatic rings. The number of fused-ring (bicyclic) bond motifs is 1. The Balaban J connectivity index is 1.98. The number of nitrogens with zero attached hydrogens (tertiary/aromatic N) is 2. The molecule has 0 aliphatic carbocycles. The molecule has 0 fully saturated rings. The van der Waals surface area contributed by atoms with E-state index in [1.807, 2.05) is 35.8 Å². The van der Waals surface area contributed by atoms with Crippen molar-refractivity contribution in [2.45, 2.75) is 26.0 Å². The number of hydrogen-bond donors (Lipinski definition) is 1. The lowest BCUT2D eigenvalue weighted by Gasteiger charge is -2.15. The van der Waals surface area contributed by atoms with Crippen LogP contribution in [0.3, 0.4) is 0 Å². The number of benzene rings is 2. The van der Waals surface area contributed by atoms with Crippen molar-refractivity contribution in [1.29, 1.82) is 0 Å². The fraction of sp³-hybridized carbons (Fsp3) is 0.235. The van der Waals surface area contributed by atoms with Crippen LogP contribution in [0.5, 0.6) is 0 Å². The minimum absolute atomic E-state index is 0.0845. The lowest BCUT2D eigenvalue weighted by Crippen LogP contribution is -2.12. The molecule has 2 aromatic carbocycles. The number of hydrogen-bond acceptors (Lipinski definition) is 2. The summed E-state index contributed by atoms with van der Waals surface area (Å²) in [5, 5.41) is 10.3. The van der Waals surface area contributed by atoms with Crippen LogP contribution >= 0.6 is 0 Å². The second kappa shape index (κ2) is 5.85. The third-order valence-corrected chi connectivity index (χ3v) is 3.73. The van der Waals surface area contributed by atoms with Gasteiger partial charge in [-0.1, -0.05) is 25.1 Å². The highest BCUT2D eigenvalue weighted by atomic mass is 19.1. The summed E-state index contributed by atoms with van der Waals surface area (Å²) < 4.78 is 28.7. The highest BCUT2D eigenvalue weighted by Gasteiger charge is 2.17. The number of halogens is 2. The first-order valence-corrected chi connectivity index (χ1v) is 7.17. The first-order valence-electron chi connectivity index (χ1n) is 7.17. The standard InChI is InChI=1S/C17H16F2N2O/c1-2-17-20-14-5-3-4-6-15(14)21(17)10-16(22)12-8-7-11(18)9-13(12)19/h3-9,16,22H,2,10H2,1H3. The Morgan fingerprint density at radius 2 is 1.95 bits per heavy atom. The second-order valence-electron chi connectivity index (χ2n) is 5.16. The van der Waals surface area contributed by atoms with E-state index in [4.69, 9.17) is 0 Å². The van der Waals surface area contributed by atoms with E-state index >= 15 is 0 Å². The van der Waals surface area contributed by atoms with Gasteiger partial charge in [0.2, 0.25) is 0 Å². The fourth-order valence-corrected chi connectivity index (χ4v) is 2.64. The van der Waals surface area contributed by atoms with Gasteiger partial charge in [-0.25, -0.2) is 13.8 Å². The van der Waals surface area contributed by atoms with Gasteiger partial charge >= 0.3 is 0 Å². The number of aliphatic hydroxyl groups excluding tert-OH is 1. The molecule has 0 aliphatic heterocycles. The van der Waals surface area contributed by atoms with E-state index in [-0.39, 0.29) is 12.1 Å². The molecule has 114 valence electrons. The van der Waals surface area contributed by atoms with Crippen LogP contribution < -0.4 is 0 Å². The second-order valence-corrected chi connectivity index (χ2v) is 5.16. The summed E-state index contributed by atoms with van der Waals surface area (Å²) in [4.78, 5) is 4.51. The van der Waals surface area contributed by atoms with E-state index < -0.39 is 17.7 Å². The van der Waals surface area contributed by atoms with E-state index in [0.717, 1.165) is 29.0 Å². The summed E-state index contributed by atoms with van der Waals surface area (Å²) in [6.45, 7) is 2.15. The summed E-state index contributed by atoms with van der Waals surface area (Å²) in [6.07, 6.45) is -0.365. The Hall–Kier alpha value is -2.27. The molecule has 3 nitrogen and oxygen atoms in total. The number of aryl methyl sites for hydroxylation is 1. The predicted octanol–water partition coefficient (Wildman–Crippen LogP) is 3.61. The van der Waals surface area contributed by atoms with Crippen LogP contribution in [0.4, 0.5) is 8.78 Å². The molecule has 0 amide bonds. The summed E-state index contributed by atoms with van der Waals surface area (Å²) in [5.74, 6) is -0.575. The fourth-order valence-electron chi connectivity index (χ4n) is 2.64. The minimum Gasteiger partial charge on any atom is -0.386 e. The van der Waals surface area contributed by atoms with Crippen LogP contribution in [0.1, 0.15) is 24.4 Å². The van der Waals surface area contributed by atoms with Gasteiger partial charge in [-0.15, -0.1) is 0 Å². The van der Waals surface area contributed by atoms with Crippen molar-refractivity contribution in [3.63, 3.8) is 0 Å². The maximum absolute atomic E-state index is 13.8. The molecule has 1 atom stereocenters. The van der Waals surface area contributed by atoms with Gasteiger partial charge in [0.15, 0.2) is 0 Å². The van der Waals surface area contributed by atoms with Crippen molar-refractivity contribution >= 4 is 11.0 Å². The Labute approximate surface area is 126 Å². The van der Waals surface area contributed by atoms with Crippen LogP contribution in [0, 0.1) is 11.6 Å². The molecule has 1 aromatic heterocycles. The lowest BCUT2D eigenvalue weighted by atomic mass is 10.1. The normalized spacial score (nSPS) is 12.7. The number of aromatic nitrogens is 2. The minimum atomic E-state index is -1.07. The Bertz CT molecular complexity index is 814. The summed E-state index contributed by atoms with van der Waals surface area (Å²) in [7, 11) is 0. The molecule has 0 aliphatic rings. The van der Waals surface area contributed by atoms with E-state index in [0.29, 0.717) is 6.42 Å². The average Bonchev–Trinajstić information content (AvgIpc) is 2.85. The topological polar surface area (TPSA) is 38.0 Å². The van der Waals surface area contributed by atoms with Gasteiger partial charge in [0.1, 0.15) is 17.5 Å². The van der Waals surface area contributed by atoms with Crippen LogP contribution in [0.2, 0.25) is 0 Å². The third kappa shape index (κ3) is 2.60. The van der Waals surface area contributed by atoms with E-state index in [2.05, 4.69) is 4.98 Å². The van der Waals surface area contributed by atoms with Gasteiger partial charge in [-0.2, -0.15) is 0 Å². The number of rotatable bonds is 4. The molecule has 5 heteroatoms. The zero-order valence-electron chi connectivity index (χ0n) is 12.1. The van der Waals surface area contributed by atoms with E-state index in [1.165, 1.54) is 6.07 Å². The van der Waals surface area contributed by atoms with Crippen molar-refractivity contribution < 1.29 is 13.9 Å². The summed E-state index contributed by atoms with van der Waals surface area (Å²) >= 11 is 0. The van der Waals surface area contributed by atoms with E-state index in [9.17, 15) is 13.9 Å². The smallest absolute Gasteiger partial charge is 0.131 e. The Morgan fingerprint density at radius 1 is 1.18 bits per heavy atom. The molecular formula is C17H16F2N2O.